The monoisotopic (exact) mass is 267 g/mol. The summed E-state index contributed by atoms with van der Waals surface area (Å²) in [5, 5.41) is 2.79. The first kappa shape index (κ1) is 14.0. The van der Waals surface area contributed by atoms with Gasteiger partial charge < -0.3 is 10.1 Å². The van der Waals surface area contributed by atoms with Gasteiger partial charge in [0.05, 0.1) is 6.20 Å². The van der Waals surface area contributed by atoms with Gasteiger partial charge >= 0.3 is 0 Å². The Hall–Kier alpha value is -1.39. The molecule has 2 rings (SSSR count). The third kappa shape index (κ3) is 3.55. The maximum Gasteiger partial charge on any atom is 0.255 e. The van der Waals surface area contributed by atoms with Gasteiger partial charge in [0.15, 0.2) is 0 Å². The van der Waals surface area contributed by atoms with Gasteiger partial charge in [0.1, 0.15) is 6.10 Å². The number of nitrogens with zero attached hydrogens (tertiary/aromatic N) is 2. The fourth-order valence-electron chi connectivity index (χ4n) is 3.06. The van der Waals surface area contributed by atoms with E-state index in [1.165, 1.54) is 6.42 Å². The van der Waals surface area contributed by atoms with Crippen LogP contribution >= 0.6 is 0 Å². The highest BCUT2D eigenvalue weighted by molar-refractivity contribution is 5.27. The van der Waals surface area contributed by atoms with Gasteiger partial charge in [0.2, 0.25) is 11.8 Å². The van der Waals surface area contributed by atoms with Crippen LogP contribution in [0.3, 0.4) is 0 Å². The fraction of sp³-hybridized carbons (Fsp3) is 0.714. The number of anilines is 1. The molecule has 0 bridgehead atoms. The maximum atomic E-state index is 13.7. The largest absolute Gasteiger partial charge is 0.472 e. The number of rotatable bonds is 3. The summed E-state index contributed by atoms with van der Waals surface area (Å²) in [6.07, 6.45) is 4.22. The molecule has 0 amide bonds. The van der Waals surface area contributed by atoms with Gasteiger partial charge in [-0.1, -0.05) is 20.8 Å². The highest BCUT2D eigenvalue weighted by Crippen LogP contribution is 2.40. The number of hydrogen-bond acceptors (Lipinski definition) is 4. The molecule has 0 spiro atoms. The third-order valence-electron chi connectivity index (χ3n) is 3.56. The van der Waals surface area contributed by atoms with Crippen LogP contribution < -0.4 is 10.1 Å². The minimum atomic E-state index is -0.505. The van der Waals surface area contributed by atoms with E-state index in [0.717, 1.165) is 19.0 Å². The summed E-state index contributed by atoms with van der Waals surface area (Å²) in [7, 11) is 1.70. The smallest absolute Gasteiger partial charge is 0.255 e. The maximum absolute atomic E-state index is 13.7. The first-order valence-electron chi connectivity index (χ1n) is 6.76. The van der Waals surface area contributed by atoms with Crippen molar-refractivity contribution in [3.05, 3.63) is 12.0 Å². The highest BCUT2D eigenvalue weighted by Gasteiger charge is 2.33. The summed E-state index contributed by atoms with van der Waals surface area (Å²) in [5.41, 5.74) is 0.234. The van der Waals surface area contributed by atoms with Crippen molar-refractivity contribution in [3.63, 3.8) is 0 Å². The molecule has 19 heavy (non-hydrogen) atoms. The minimum Gasteiger partial charge on any atom is -0.472 e. The molecule has 2 atom stereocenters. The van der Waals surface area contributed by atoms with Gasteiger partial charge in [-0.25, -0.2) is 4.98 Å². The fourth-order valence-corrected chi connectivity index (χ4v) is 3.06. The predicted molar refractivity (Wildman–Crippen MR) is 72.7 cm³/mol. The zero-order valence-corrected chi connectivity index (χ0v) is 12.0. The molecule has 1 N–H and O–H groups in total. The SMILES string of the molecule is CNc1ncc(F)c(OC2CC(C)CC(C)(C)C2)n1. The van der Waals surface area contributed by atoms with Crippen LogP contribution in [0.25, 0.3) is 0 Å². The van der Waals surface area contributed by atoms with E-state index in [1.54, 1.807) is 7.05 Å². The van der Waals surface area contributed by atoms with Gasteiger partial charge in [0.25, 0.3) is 5.88 Å². The molecule has 0 aromatic carbocycles. The summed E-state index contributed by atoms with van der Waals surface area (Å²) in [5.74, 6) is 0.506. The molecule has 1 heterocycles. The zero-order valence-electron chi connectivity index (χ0n) is 12.0. The molecule has 106 valence electrons. The van der Waals surface area contributed by atoms with Crippen molar-refractivity contribution in [2.75, 3.05) is 12.4 Å². The van der Waals surface area contributed by atoms with E-state index in [2.05, 4.69) is 36.1 Å². The molecule has 0 aliphatic heterocycles. The number of hydrogen-bond donors (Lipinski definition) is 1. The van der Waals surface area contributed by atoms with Crippen LogP contribution in [0.2, 0.25) is 0 Å². The lowest BCUT2D eigenvalue weighted by Gasteiger charge is -2.38. The second-order valence-electron chi connectivity index (χ2n) is 6.25. The van der Waals surface area contributed by atoms with Crippen LogP contribution in [0.1, 0.15) is 40.0 Å². The third-order valence-corrected chi connectivity index (χ3v) is 3.56. The minimum absolute atomic E-state index is 0.0212. The molecule has 1 aromatic heterocycles. The lowest BCUT2D eigenvalue weighted by Crippen LogP contribution is -2.34. The molecule has 0 saturated heterocycles. The van der Waals surface area contributed by atoms with Crippen molar-refractivity contribution in [1.82, 2.24) is 9.97 Å². The number of halogens is 1. The Balaban J connectivity index is 2.12. The second kappa shape index (κ2) is 5.31. The summed E-state index contributed by atoms with van der Waals surface area (Å²) in [6, 6.07) is 0. The molecule has 0 radical (unpaired) electrons. The van der Waals surface area contributed by atoms with Gasteiger partial charge in [-0.15, -0.1) is 0 Å². The van der Waals surface area contributed by atoms with E-state index in [-0.39, 0.29) is 17.4 Å². The molecule has 5 heteroatoms. The molecule has 1 aliphatic rings. The van der Waals surface area contributed by atoms with Gasteiger partial charge in [-0.05, 0) is 30.6 Å². The van der Waals surface area contributed by atoms with Crippen LogP contribution in [0.4, 0.5) is 10.3 Å². The molecule has 1 aliphatic carbocycles. The van der Waals surface area contributed by atoms with Gasteiger partial charge in [0, 0.05) is 7.05 Å². The normalized spacial score (nSPS) is 25.9. The first-order valence-corrected chi connectivity index (χ1v) is 6.76. The van der Waals surface area contributed by atoms with Gasteiger partial charge in [-0.3, -0.25) is 0 Å². The molecule has 1 fully saturated rings. The van der Waals surface area contributed by atoms with Crippen molar-refractivity contribution in [3.8, 4) is 5.88 Å². The molecule has 1 saturated carbocycles. The lowest BCUT2D eigenvalue weighted by atomic mass is 9.71. The van der Waals surface area contributed by atoms with E-state index in [1.807, 2.05) is 0 Å². The molecule has 4 nitrogen and oxygen atoms in total. The van der Waals surface area contributed by atoms with E-state index in [9.17, 15) is 4.39 Å². The van der Waals surface area contributed by atoms with Crippen molar-refractivity contribution >= 4 is 5.95 Å². The van der Waals surface area contributed by atoms with Crippen LogP contribution in [0, 0.1) is 17.2 Å². The van der Waals surface area contributed by atoms with Crippen molar-refractivity contribution in [2.45, 2.75) is 46.1 Å². The standard InChI is InChI=1S/C14H22FN3O/c1-9-5-10(7-14(2,3)6-9)19-12-11(15)8-17-13(16-4)18-12/h8-10H,5-7H2,1-4H3,(H,16,17,18). The summed E-state index contributed by atoms with van der Waals surface area (Å²) in [4.78, 5) is 7.86. The lowest BCUT2D eigenvalue weighted by molar-refractivity contribution is 0.0503. The summed E-state index contributed by atoms with van der Waals surface area (Å²) in [6.45, 7) is 6.68. The number of ether oxygens (including phenoxy) is 1. The van der Waals surface area contributed by atoms with Crippen LogP contribution in [0.15, 0.2) is 6.20 Å². The van der Waals surface area contributed by atoms with Crippen molar-refractivity contribution in [2.24, 2.45) is 11.3 Å². The Bertz CT molecular complexity index is 450. The second-order valence-corrected chi connectivity index (χ2v) is 6.25. The molecular formula is C14H22FN3O. The summed E-state index contributed by atoms with van der Waals surface area (Å²) < 4.78 is 19.4. The van der Waals surface area contributed by atoms with Crippen molar-refractivity contribution < 1.29 is 9.13 Å². The first-order chi connectivity index (χ1) is 8.89. The Kier molecular flexibility index (Phi) is 3.92. The van der Waals surface area contributed by atoms with E-state index < -0.39 is 5.82 Å². The van der Waals surface area contributed by atoms with E-state index in [0.29, 0.717) is 11.9 Å². The molecular weight excluding hydrogens is 245 g/mol. The predicted octanol–water partition coefficient (Wildman–Crippen LogP) is 3.25. The van der Waals surface area contributed by atoms with E-state index in [4.69, 9.17) is 4.74 Å². The Morgan fingerprint density at radius 2 is 2.16 bits per heavy atom. The Morgan fingerprint density at radius 3 is 2.79 bits per heavy atom. The van der Waals surface area contributed by atoms with Crippen LogP contribution in [-0.2, 0) is 0 Å². The van der Waals surface area contributed by atoms with Gasteiger partial charge in [-0.2, -0.15) is 9.37 Å². The van der Waals surface area contributed by atoms with Crippen LogP contribution in [0.5, 0.6) is 5.88 Å². The van der Waals surface area contributed by atoms with E-state index >= 15 is 0 Å². The topological polar surface area (TPSA) is 47.0 Å². The average molecular weight is 267 g/mol. The Morgan fingerprint density at radius 1 is 1.42 bits per heavy atom. The molecule has 1 aromatic rings. The summed E-state index contributed by atoms with van der Waals surface area (Å²) >= 11 is 0. The highest BCUT2D eigenvalue weighted by atomic mass is 19.1. The number of nitrogens with one attached hydrogen (secondary N) is 1. The number of aromatic nitrogens is 2. The van der Waals surface area contributed by atoms with Crippen molar-refractivity contribution in [1.29, 1.82) is 0 Å². The average Bonchev–Trinajstić information content (AvgIpc) is 2.29. The van der Waals surface area contributed by atoms with Crippen LogP contribution in [-0.4, -0.2) is 23.1 Å². The Labute approximate surface area is 113 Å². The quantitative estimate of drug-likeness (QED) is 0.913. The molecule has 2 unspecified atom stereocenters. The zero-order chi connectivity index (χ0) is 14.0.